The van der Waals surface area contributed by atoms with E-state index in [4.69, 9.17) is 0 Å². The second-order valence-corrected chi connectivity index (χ2v) is 5.96. The molecule has 0 saturated carbocycles. The van der Waals surface area contributed by atoms with Crippen molar-refractivity contribution in [2.45, 2.75) is 32.2 Å². The fraction of sp³-hybridized carbons (Fsp3) is 0.818. The summed E-state index contributed by atoms with van der Waals surface area (Å²) in [6.07, 6.45) is 3.94. The summed E-state index contributed by atoms with van der Waals surface area (Å²) in [6, 6.07) is 0.749. The average Bonchev–Trinajstić information content (AvgIpc) is 2.75. The lowest BCUT2D eigenvalue weighted by Gasteiger charge is -2.41. The van der Waals surface area contributed by atoms with E-state index in [0.29, 0.717) is 0 Å². The maximum absolute atomic E-state index is 4.25. The molecule has 104 valence electrons. The molecule has 0 amide bonds. The van der Waals surface area contributed by atoms with Gasteiger partial charge >= 0.3 is 0 Å². The molecule has 1 aromatic heterocycles. The Bertz CT molecular complexity index is 374. The molecule has 3 rings (SSSR count). The lowest BCUT2D eigenvalue weighted by atomic mass is 9.86. The van der Waals surface area contributed by atoms with Crippen LogP contribution in [-0.2, 0) is 0 Å². The first kappa shape index (κ1) is 16.0. The van der Waals surface area contributed by atoms with Gasteiger partial charge in [-0.25, -0.2) is 0 Å². The van der Waals surface area contributed by atoms with Crippen LogP contribution in [-0.4, -0.2) is 35.9 Å². The Kier molecular flexibility index (Phi) is 6.11. The topological polar surface area (TPSA) is 41.1 Å². The molecule has 3 heterocycles. The summed E-state index contributed by atoms with van der Waals surface area (Å²) in [6.45, 7) is 5.52. The van der Waals surface area contributed by atoms with Crippen LogP contribution in [0.2, 0.25) is 0 Å². The molecule has 2 saturated heterocycles. The predicted octanol–water partition coefficient (Wildman–Crippen LogP) is 2.27. The molecule has 2 fully saturated rings. The number of aromatic nitrogens is 2. The van der Waals surface area contributed by atoms with E-state index in [1.165, 1.54) is 25.8 Å². The van der Waals surface area contributed by atoms with Gasteiger partial charge in [-0.3, -0.25) is 0 Å². The second kappa shape index (κ2) is 6.89. The molecule has 0 spiro atoms. The Labute approximate surface area is 124 Å². The summed E-state index contributed by atoms with van der Waals surface area (Å²) in [5.74, 6) is 0.812. The third kappa shape index (κ3) is 3.26. The highest BCUT2D eigenvalue weighted by atomic mass is 35.5. The molecule has 0 aliphatic carbocycles. The zero-order chi connectivity index (χ0) is 11.0. The zero-order valence-corrected chi connectivity index (χ0v) is 12.9. The average molecular weight is 311 g/mol. The molecule has 0 aromatic carbocycles. The summed E-state index contributed by atoms with van der Waals surface area (Å²) in [4.78, 5) is 2.42. The number of hydrogen-bond donors (Lipinski definition) is 1. The van der Waals surface area contributed by atoms with Crippen LogP contribution in [0.25, 0.3) is 0 Å². The third-order valence-corrected chi connectivity index (χ3v) is 4.58. The Morgan fingerprint density at radius 3 is 2.83 bits per heavy atom. The van der Waals surface area contributed by atoms with E-state index in [1.807, 2.05) is 6.92 Å². The fourth-order valence-corrected chi connectivity index (χ4v) is 3.56. The van der Waals surface area contributed by atoms with E-state index >= 15 is 0 Å². The lowest BCUT2D eigenvalue weighted by molar-refractivity contribution is 0.244. The van der Waals surface area contributed by atoms with Crippen LogP contribution in [0.15, 0.2) is 0 Å². The lowest BCUT2D eigenvalue weighted by Crippen LogP contribution is -2.52. The maximum atomic E-state index is 4.25. The minimum atomic E-state index is 0. The molecule has 2 aliphatic heterocycles. The number of halogens is 2. The highest BCUT2D eigenvalue weighted by Gasteiger charge is 2.31. The Morgan fingerprint density at radius 1 is 1.28 bits per heavy atom. The Morgan fingerprint density at radius 2 is 2.11 bits per heavy atom. The standard InChI is InChI=1S/C11H18N4S.2ClH/c1-8-13-14-11(16-8)15-6-4-10-9(7-15)3-2-5-12-10;;/h9-10,12H,2-7H2,1H3;2*1H/t9-,10+;;/m1../s1. The minimum absolute atomic E-state index is 0. The van der Waals surface area contributed by atoms with Crippen molar-refractivity contribution < 1.29 is 0 Å². The summed E-state index contributed by atoms with van der Waals surface area (Å²) in [7, 11) is 0. The maximum Gasteiger partial charge on any atom is 0.208 e. The molecule has 0 unspecified atom stereocenters. The minimum Gasteiger partial charge on any atom is -0.346 e. The largest absolute Gasteiger partial charge is 0.346 e. The molecule has 18 heavy (non-hydrogen) atoms. The third-order valence-electron chi connectivity index (χ3n) is 3.68. The highest BCUT2D eigenvalue weighted by molar-refractivity contribution is 7.15. The first-order valence-corrected chi connectivity index (χ1v) is 6.93. The van der Waals surface area contributed by atoms with Gasteiger partial charge in [-0.1, -0.05) is 11.3 Å². The Hall–Kier alpha value is -0.100. The van der Waals surface area contributed by atoms with Crippen molar-refractivity contribution >= 4 is 41.3 Å². The molecule has 0 bridgehead atoms. The molecule has 7 heteroatoms. The van der Waals surface area contributed by atoms with Gasteiger partial charge in [0, 0.05) is 19.1 Å². The van der Waals surface area contributed by atoms with Gasteiger partial charge in [-0.05, 0) is 38.6 Å². The van der Waals surface area contributed by atoms with Crippen LogP contribution in [0.5, 0.6) is 0 Å². The summed E-state index contributed by atoms with van der Waals surface area (Å²) in [5.41, 5.74) is 0. The number of rotatable bonds is 1. The SMILES string of the molecule is Cc1nnc(N2CC[C@@H]3NCCC[C@@H]3C2)s1.Cl.Cl. The fourth-order valence-electron chi connectivity index (χ4n) is 2.83. The highest BCUT2D eigenvalue weighted by Crippen LogP contribution is 2.29. The van der Waals surface area contributed by atoms with Crippen LogP contribution in [0.3, 0.4) is 0 Å². The number of hydrogen-bond acceptors (Lipinski definition) is 5. The van der Waals surface area contributed by atoms with Gasteiger partial charge in [-0.2, -0.15) is 0 Å². The molecule has 1 N–H and O–H groups in total. The van der Waals surface area contributed by atoms with E-state index in [1.54, 1.807) is 11.3 Å². The Balaban J connectivity index is 0.000000810. The van der Waals surface area contributed by atoms with Crippen molar-refractivity contribution in [1.82, 2.24) is 15.5 Å². The predicted molar refractivity (Wildman–Crippen MR) is 80.5 cm³/mol. The number of nitrogens with one attached hydrogen (secondary N) is 1. The van der Waals surface area contributed by atoms with E-state index in [2.05, 4.69) is 20.4 Å². The van der Waals surface area contributed by atoms with E-state index in [9.17, 15) is 0 Å². The monoisotopic (exact) mass is 310 g/mol. The molecule has 2 atom stereocenters. The van der Waals surface area contributed by atoms with Gasteiger partial charge < -0.3 is 10.2 Å². The molecule has 0 radical (unpaired) electrons. The van der Waals surface area contributed by atoms with Gasteiger partial charge in [0.15, 0.2) is 0 Å². The van der Waals surface area contributed by atoms with Crippen molar-refractivity contribution in [3.8, 4) is 0 Å². The van der Waals surface area contributed by atoms with Crippen molar-refractivity contribution in [3.05, 3.63) is 5.01 Å². The van der Waals surface area contributed by atoms with Gasteiger partial charge in [0.05, 0.1) is 0 Å². The van der Waals surface area contributed by atoms with Gasteiger partial charge in [0.2, 0.25) is 5.13 Å². The smallest absolute Gasteiger partial charge is 0.208 e. The van der Waals surface area contributed by atoms with Crippen molar-refractivity contribution in [2.75, 3.05) is 24.5 Å². The zero-order valence-electron chi connectivity index (χ0n) is 10.5. The van der Waals surface area contributed by atoms with Crippen molar-refractivity contribution in [2.24, 2.45) is 5.92 Å². The van der Waals surface area contributed by atoms with Crippen LogP contribution in [0.4, 0.5) is 5.13 Å². The molecule has 4 nitrogen and oxygen atoms in total. The second-order valence-electron chi connectivity index (χ2n) is 4.80. The van der Waals surface area contributed by atoms with E-state index in [0.717, 1.165) is 35.2 Å². The van der Waals surface area contributed by atoms with Gasteiger partial charge in [-0.15, -0.1) is 35.0 Å². The van der Waals surface area contributed by atoms with E-state index < -0.39 is 0 Å². The van der Waals surface area contributed by atoms with Gasteiger partial charge in [0.25, 0.3) is 0 Å². The molecule has 2 aliphatic rings. The number of anilines is 1. The van der Waals surface area contributed by atoms with Crippen LogP contribution >= 0.6 is 36.2 Å². The number of piperidine rings is 2. The summed E-state index contributed by atoms with van der Waals surface area (Å²) >= 11 is 1.72. The van der Waals surface area contributed by atoms with Crippen LogP contribution in [0.1, 0.15) is 24.3 Å². The first-order valence-electron chi connectivity index (χ1n) is 6.11. The van der Waals surface area contributed by atoms with Crippen molar-refractivity contribution in [3.63, 3.8) is 0 Å². The quantitative estimate of drug-likeness (QED) is 0.864. The summed E-state index contributed by atoms with van der Waals surface area (Å²) < 4.78 is 0. The first-order chi connectivity index (χ1) is 7.83. The molecular weight excluding hydrogens is 291 g/mol. The normalized spacial score (nSPS) is 26.8. The van der Waals surface area contributed by atoms with Gasteiger partial charge in [0.1, 0.15) is 5.01 Å². The molecule has 1 aromatic rings. The number of fused-ring (bicyclic) bond motifs is 1. The van der Waals surface area contributed by atoms with E-state index in [-0.39, 0.29) is 24.8 Å². The van der Waals surface area contributed by atoms with Crippen LogP contribution < -0.4 is 10.2 Å². The number of nitrogens with zero attached hydrogens (tertiary/aromatic N) is 3. The molecular formula is C11H20Cl2N4S. The number of aryl methyl sites for hydroxylation is 1. The van der Waals surface area contributed by atoms with Crippen LogP contribution in [0, 0.1) is 12.8 Å². The summed E-state index contributed by atoms with van der Waals surface area (Å²) in [5, 5.41) is 14.2. The van der Waals surface area contributed by atoms with Crippen molar-refractivity contribution in [1.29, 1.82) is 0 Å².